The summed E-state index contributed by atoms with van der Waals surface area (Å²) in [6, 6.07) is 12.9. The molecule has 21 heavy (non-hydrogen) atoms. The molecular weight excluding hydrogens is 288 g/mol. The Morgan fingerprint density at radius 2 is 1.86 bits per heavy atom. The van der Waals surface area contributed by atoms with E-state index in [4.69, 9.17) is 21.1 Å². The van der Waals surface area contributed by atoms with E-state index in [0.717, 1.165) is 16.7 Å². The van der Waals surface area contributed by atoms with Gasteiger partial charge >= 0.3 is 0 Å². The zero-order chi connectivity index (χ0) is 15.2. The molecule has 1 atom stereocenters. The van der Waals surface area contributed by atoms with Crippen LogP contribution in [0.5, 0.6) is 5.75 Å². The van der Waals surface area contributed by atoms with Crippen molar-refractivity contribution in [1.29, 1.82) is 0 Å². The summed E-state index contributed by atoms with van der Waals surface area (Å²) in [6.07, 6.45) is -0.749. The fraction of sp³-hybridized carbons (Fsp3) is 0.294. The van der Waals surface area contributed by atoms with E-state index in [1.807, 2.05) is 43.3 Å². The van der Waals surface area contributed by atoms with Gasteiger partial charge in [0.25, 0.3) is 0 Å². The molecule has 112 valence electrons. The Kier molecular flexibility index (Phi) is 5.62. The van der Waals surface area contributed by atoms with Crippen LogP contribution in [0.2, 0.25) is 5.02 Å². The molecular formula is C17H19ClO3. The third-order valence-electron chi connectivity index (χ3n) is 3.29. The van der Waals surface area contributed by atoms with Crippen molar-refractivity contribution < 1.29 is 14.6 Å². The van der Waals surface area contributed by atoms with Crippen LogP contribution in [0.4, 0.5) is 0 Å². The van der Waals surface area contributed by atoms with E-state index in [-0.39, 0.29) is 0 Å². The number of hydrogen-bond acceptors (Lipinski definition) is 3. The molecule has 0 spiro atoms. The zero-order valence-electron chi connectivity index (χ0n) is 12.2. The number of aliphatic hydroxyl groups excluding tert-OH is 1. The maximum atomic E-state index is 10.6. The van der Waals surface area contributed by atoms with Gasteiger partial charge in [-0.1, -0.05) is 35.9 Å². The highest BCUT2D eigenvalue weighted by Crippen LogP contribution is 2.32. The topological polar surface area (TPSA) is 38.7 Å². The SMILES string of the molecule is COCCOc1ccccc1C(O)c1ccc(Cl)cc1C. The number of rotatable bonds is 6. The van der Waals surface area contributed by atoms with Crippen molar-refractivity contribution in [2.45, 2.75) is 13.0 Å². The third kappa shape index (κ3) is 3.97. The van der Waals surface area contributed by atoms with Gasteiger partial charge in [-0.2, -0.15) is 0 Å². The van der Waals surface area contributed by atoms with Crippen molar-refractivity contribution in [1.82, 2.24) is 0 Å². The van der Waals surface area contributed by atoms with Crippen molar-refractivity contribution in [3.05, 3.63) is 64.2 Å². The van der Waals surface area contributed by atoms with E-state index < -0.39 is 6.10 Å². The minimum Gasteiger partial charge on any atom is -0.491 e. The number of para-hydroxylation sites is 1. The molecule has 0 aromatic heterocycles. The lowest BCUT2D eigenvalue weighted by Gasteiger charge is -2.18. The van der Waals surface area contributed by atoms with Gasteiger partial charge in [-0.25, -0.2) is 0 Å². The fourth-order valence-electron chi connectivity index (χ4n) is 2.19. The first-order valence-corrected chi connectivity index (χ1v) is 7.16. The maximum Gasteiger partial charge on any atom is 0.125 e. The molecule has 0 aliphatic heterocycles. The first kappa shape index (κ1) is 15.8. The quantitative estimate of drug-likeness (QED) is 0.826. The van der Waals surface area contributed by atoms with Gasteiger partial charge in [0.15, 0.2) is 0 Å². The summed E-state index contributed by atoms with van der Waals surface area (Å²) in [6.45, 7) is 2.88. The van der Waals surface area contributed by atoms with Crippen LogP contribution in [0.25, 0.3) is 0 Å². The number of benzene rings is 2. The molecule has 0 aliphatic carbocycles. The summed E-state index contributed by atoms with van der Waals surface area (Å²) in [5.74, 6) is 0.663. The van der Waals surface area contributed by atoms with Gasteiger partial charge in [-0.3, -0.25) is 0 Å². The first-order valence-electron chi connectivity index (χ1n) is 6.78. The molecule has 1 unspecified atom stereocenters. The molecule has 2 aromatic rings. The van der Waals surface area contributed by atoms with Crippen LogP contribution in [0.15, 0.2) is 42.5 Å². The van der Waals surface area contributed by atoms with Gasteiger partial charge in [-0.05, 0) is 36.2 Å². The molecule has 0 saturated heterocycles. The molecule has 0 heterocycles. The highest BCUT2D eigenvalue weighted by Gasteiger charge is 2.17. The minimum atomic E-state index is -0.749. The van der Waals surface area contributed by atoms with Crippen LogP contribution in [-0.2, 0) is 4.74 Å². The molecule has 3 nitrogen and oxygen atoms in total. The molecule has 4 heteroatoms. The van der Waals surface area contributed by atoms with Crippen LogP contribution in [-0.4, -0.2) is 25.4 Å². The molecule has 0 amide bonds. The Balaban J connectivity index is 2.27. The molecule has 2 rings (SSSR count). The van der Waals surface area contributed by atoms with Crippen LogP contribution in [0.3, 0.4) is 0 Å². The standard InChI is InChI=1S/C17H19ClO3/c1-12-11-13(18)7-8-14(12)17(19)15-5-3-4-6-16(15)21-10-9-20-2/h3-8,11,17,19H,9-10H2,1-2H3. The van der Waals surface area contributed by atoms with Gasteiger partial charge < -0.3 is 14.6 Å². The minimum absolute atomic E-state index is 0.444. The second-order valence-electron chi connectivity index (χ2n) is 4.78. The van der Waals surface area contributed by atoms with E-state index in [1.54, 1.807) is 13.2 Å². The predicted octanol–water partition coefficient (Wildman–Crippen LogP) is 3.76. The Bertz CT molecular complexity index is 598. The lowest BCUT2D eigenvalue weighted by atomic mass is 9.97. The zero-order valence-corrected chi connectivity index (χ0v) is 12.9. The lowest BCUT2D eigenvalue weighted by Crippen LogP contribution is -2.09. The molecule has 0 saturated carbocycles. The van der Waals surface area contributed by atoms with E-state index in [2.05, 4.69) is 0 Å². The predicted molar refractivity (Wildman–Crippen MR) is 84.1 cm³/mol. The van der Waals surface area contributed by atoms with E-state index in [9.17, 15) is 5.11 Å². The van der Waals surface area contributed by atoms with Crippen molar-refractivity contribution >= 4 is 11.6 Å². The van der Waals surface area contributed by atoms with Gasteiger partial charge in [-0.15, -0.1) is 0 Å². The van der Waals surface area contributed by atoms with Crippen LogP contribution >= 0.6 is 11.6 Å². The summed E-state index contributed by atoms with van der Waals surface area (Å²) < 4.78 is 10.7. The van der Waals surface area contributed by atoms with E-state index in [1.165, 1.54) is 0 Å². The normalized spacial score (nSPS) is 12.2. The Morgan fingerprint density at radius 1 is 1.10 bits per heavy atom. The summed E-state index contributed by atoms with van der Waals surface area (Å²) in [5.41, 5.74) is 2.50. The fourth-order valence-corrected chi connectivity index (χ4v) is 2.41. The average molecular weight is 307 g/mol. The van der Waals surface area contributed by atoms with Gasteiger partial charge in [0, 0.05) is 17.7 Å². The van der Waals surface area contributed by atoms with Crippen LogP contribution in [0, 0.1) is 6.92 Å². The van der Waals surface area contributed by atoms with Crippen molar-refractivity contribution in [3.63, 3.8) is 0 Å². The molecule has 2 aromatic carbocycles. The van der Waals surface area contributed by atoms with E-state index >= 15 is 0 Å². The average Bonchev–Trinajstić information content (AvgIpc) is 2.47. The highest BCUT2D eigenvalue weighted by atomic mass is 35.5. The second kappa shape index (κ2) is 7.46. The van der Waals surface area contributed by atoms with Crippen molar-refractivity contribution in [2.24, 2.45) is 0 Å². The summed E-state index contributed by atoms with van der Waals surface area (Å²) in [7, 11) is 1.63. The second-order valence-corrected chi connectivity index (χ2v) is 5.22. The number of halogens is 1. The first-order chi connectivity index (χ1) is 10.1. The molecule has 0 fully saturated rings. The molecule has 0 bridgehead atoms. The van der Waals surface area contributed by atoms with Gasteiger partial charge in [0.2, 0.25) is 0 Å². The number of hydrogen-bond donors (Lipinski definition) is 1. The molecule has 1 N–H and O–H groups in total. The smallest absolute Gasteiger partial charge is 0.125 e. The Labute approximate surface area is 130 Å². The van der Waals surface area contributed by atoms with Crippen LogP contribution in [0.1, 0.15) is 22.8 Å². The largest absolute Gasteiger partial charge is 0.491 e. The Hall–Kier alpha value is -1.55. The third-order valence-corrected chi connectivity index (χ3v) is 3.52. The Morgan fingerprint density at radius 3 is 2.57 bits per heavy atom. The van der Waals surface area contributed by atoms with Gasteiger partial charge in [0.05, 0.1) is 6.61 Å². The molecule has 0 radical (unpaired) electrons. The summed E-state index contributed by atoms with van der Waals surface area (Å²) in [4.78, 5) is 0. The highest BCUT2D eigenvalue weighted by molar-refractivity contribution is 6.30. The number of aryl methyl sites for hydroxylation is 1. The van der Waals surface area contributed by atoms with Crippen molar-refractivity contribution in [3.8, 4) is 5.75 Å². The number of methoxy groups -OCH3 is 1. The van der Waals surface area contributed by atoms with Crippen LogP contribution < -0.4 is 4.74 Å². The number of aliphatic hydroxyl groups is 1. The van der Waals surface area contributed by atoms with Gasteiger partial charge in [0.1, 0.15) is 18.5 Å². The summed E-state index contributed by atoms with van der Waals surface area (Å²) in [5, 5.41) is 11.3. The maximum absolute atomic E-state index is 10.6. The monoisotopic (exact) mass is 306 g/mol. The summed E-state index contributed by atoms with van der Waals surface area (Å²) >= 11 is 5.96. The molecule has 0 aliphatic rings. The number of ether oxygens (including phenoxy) is 2. The lowest BCUT2D eigenvalue weighted by molar-refractivity contribution is 0.142. The van der Waals surface area contributed by atoms with E-state index in [0.29, 0.717) is 24.0 Å². The van der Waals surface area contributed by atoms with Crippen molar-refractivity contribution in [2.75, 3.05) is 20.3 Å².